The van der Waals surface area contributed by atoms with Crippen LogP contribution in [0.15, 0.2) is 22.9 Å². The number of carbonyl (C=O) groups excluding carboxylic acids is 2. The number of amides is 2. The van der Waals surface area contributed by atoms with E-state index in [4.69, 9.17) is 4.42 Å². The summed E-state index contributed by atoms with van der Waals surface area (Å²) < 4.78 is 5.52. The molecule has 7 heteroatoms. The standard InChI is InChI=1S/C20H24N4O3/c25-19(23-16-8-12-4-5-15(16)22-12)17-9-13-14(11-27-18(13)10-21-17)20(26)24-6-2-1-3-7-24/h9-12,15-16,22H,1-8H2,(H,23,25)/t12-,15+,16-/m1/s1. The Bertz CT molecular complexity index is 886. The molecule has 3 aliphatic rings. The molecule has 0 radical (unpaired) electrons. The largest absolute Gasteiger partial charge is 0.462 e. The second kappa shape index (κ2) is 6.64. The predicted molar refractivity (Wildman–Crippen MR) is 99.6 cm³/mol. The summed E-state index contributed by atoms with van der Waals surface area (Å²) in [6.07, 6.45) is 9.55. The van der Waals surface area contributed by atoms with Crippen LogP contribution in [0.25, 0.3) is 11.0 Å². The zero-order valence-electron chi connectivity index (χ0n) is 15.2. The number of carbonyl (C=O) groups is 2. The number of hydrogen-bond acceptors (Lipinski definition) is 5. The number of furan rings is 1. The summed E-state index contributed by atoms with van der Waals surface area (Å²) in [6, 6.07) is 2.74. The van der Waals surface area contributed by atoms with Crippen molar-refractivity contribution in [3.63, 3.8) is 0 Å². The molecule has 2 amide bonds. The minimum atomic E-state index is -0.186. The van der Waals surface area contributed by atoms with Gasteiger partial charge in [0.05, 0.1) is 11.8 Å². The van der Waals surface area contributed by atoms with Crippen LogP contribution >= 0.6 is 0 Å². The van der Waals surface area contributed by atoms with E-state index in [1.165, 1.54) is 25.3 Å². The Morgan fingerprint density at radius 1 is 1.22 bits per heavy atom. The third-order valence-electron chi connectivity index (χ3n) is 6.18. The molecule has 7 nitrogen and oxygen atoms in total. The van der Waals surface area contributed by atoms with Crippen LogP contribution < -0.4 is 10.6 Å². The van der Waals surface area contributed by atoms with Crippen LogP contribution in [-0.4, -0.2) is 52.9 Å². The topological polar surface area (TPSA) is 87.5 Å². The van der Waals surface area contributed by atoms with Gasteiger partial charge in [0.15, 0.2) is 5.58 Å². The van der Waals surface area contributed by atoms with Crippen molar-refractivity contribution < 1.29 is 14.0 Å². The Balaban J connectivity index is 1.37. The van der Waals surface area contributed by atoms with Crippen LogP contribution in [0.4, 0.5) is 0 Å². The van der Waals surface area contributed by atoms with Crippen molar-refractivity contribution in [3.8, 4) is 0 Å². The fourth-order valence-electron chi connectivity index (χ4n) is 4.72. The molecule has 27 heavy (non-hydrogen) atoms. The molecule has 0 unspecified atom stereocenters. The first-order valence-corrected chi connectivity index (χ1v) is 9.92. The van der Waals surface area contributed by atoms with E-state index in [0.29, 0.717) is 34.3 Å². The predicted octanol–water partition coefficient (Wildman–Crippen LogP) is 2.08. The van der Waals surface area contributed by atoms with Crippen molar-refractivity contribution in [2.24, 2.45) is 0 Å². The first-order valence-electron chi connectivity index (χ1n) is 9.92. The molecule has 2 N–H and O–H groups in total. The average Bonchev–Trinajstić information content (AvgIpc) is 3.43. The van der Waals surface area contributed by atoms with Gasteiger partial charge in [0, 0.05) is 36.6 Å². The lowest BCUT2D eigenvalue weighted by Gasteiger charge is -2.26. The highest BCUT2D eigenvalue weighted by atomic mass is 16.3. The third-order valence-corrected chi connectivity index (χ3v) is 6.18. The second-order valence-electron chi connectivity index (χ2n) is 7.93. The van der Waals surface area contributed by atoms with Gasteiger partial charge in [-0.3, -0.25) is 9.59 Å². The van der Waals surface area contributed by atoms with E-state index in [9.17, 15) is 9.59 Å². The summed E-state index contributed by atoms with van der Waals surface area (Å²) in [5, 5.41) is 7.29. The van der Waals surface area contributed by atoms with Gasteiger partial charge < -0.3 is 20.0 Å². The Kier molecular flexibility index (Phi) is 4.11. The highest BCUT2D eigenvalue weighted by Crippen LogP contribution is 2.29. The van der Waals surface area contributed by atoms with Gasteiger partial charge in [-0.05, 0) is 44.6 Å². The van der Waals surface area contributed by atoms with Crippen LogP contribution in [0.2, 0.25) is 0 Å². The summed E-state index contributed by atoms with van der Waals surface area (Å²) in [6.45, 7) is 1.56. The smallest absolute Gasteiger partial charge is 0.270 e. The number of aromatic nitrogens is 1. The molecule has 3 saturated heterocycles. The van der Waals surface area contributed by atoms with Gasteiger partial charge in [-0.2, -0.15) is 0 Å². The molecular weight excluding hydrogens is 344 g/mol. The fourth-order valence-corrected chi connectivity index (χ4v) is 4.72. The highest BCUT2D eigenvalue weighted by molar-refractivity contribution is 6.07. The highest BCUT2D eigenvalue weighted by Gasteiger charge is 2.39. The van der Waals surface area contributed by atoms with Gasteiger partial charge in [0.2, 0.25) is 0 Å². The summed E-state index contributed by atoms with van der Waals surface area (Å²) in [4.78, 5) is 31.7. The lowest BCUT2D eigenvalue weighted by atomic mass is 9.95. The van der Waals surface area contributed by atoms with Crippen molar-refractivity contribution in [1.29, 1.82) is 0 Å². The summed E-state index contributed by atoms with van der Waals surface area (Å²) in [5.74, 6) is -0.211. The van der Waals surface area contributed by atoms with E-state index < -0.39 is 0 Å². The number of piperidine rings is 1. The van der Waals surface area contributed by atoms with Crippen LogP contribution in [0.1, 0.15) is 59.4 Å². The fraction of sp³-hybridized carbons (Fsp3) is 0.550. The molecule has 5 heterocycles. The molecule has 0 saturated carbocycles. The Morgan fingerprint density at radius 2 is 2.07 bits per heavy atom. The van der Waals surface area contributed by atoms with E-state index in [1.54, 1.807) is 6.07 Å². The minimum Gasteiger partial charge on any atom is -0.462 e. The van der Waals surface area contributed by atoms with Crippen molar-refractivity contribution in [2.45, 2.75) is 56.7 Å². The van der Waals surface area contributed by atoms with Crippen molar-refractivity contribution in [2.75, 3.05) is 13.1 Å². The lowest BCUT2D eigenvalue weighted by Crippen LogP contribution is -2.43. The number of pyridine rings is 1. The monoisotopic (exact) mass is 368 g/mol. The minimum absolute atomic E-state index is 0.0247. The number of hydrogen-bond donors (Lipinski definition) is 2. The maximum absolute atomic E-state index is 12.9. The van der Waals surface area contributed by atoms with E-state index >= 15 is 0 Å². The molecule has 142 valence electrons. The number of fused-ring (bicyclic) bond motifs is 3. The molecule has 3 aliphatic heterocycles. The van der Waals surface area contributed by atoms with Crippen LogP contribution in [0.3, 0.4) is 0 Å². The number of likely N-dealkylation sites (tertiary alicyclic amines) is 1. The SMILES string of the molecule is O=C(N[C@@H]1C[C@H]2CC[C@@H]1N2)c1cc2c(C(=O)N3CCCCC3)coc2cn1. The molecular formula is C20H24N4O3. The zero-order chi connectivity index (χ0) is 18.4. The first-order chi connectivity index (χ1) is 13.2. The Hall–Kier alpha value is -2.41. The summed E-state index contributed by atoms with van der Waals surface area (Å²) in [5.41, 5.74) is 1.39. The van der Waals surface area contributed by atoms with Crippen LogP contribution in [0, 0.1) is 0 Å². The van der Waals surface area contributed by atoms with Crippen LogP contribution in [0.5, 0.6) is 0 Å². The van der Waals surface area contributed by atoms with Crippen molar-refractivity contribution >= 4 is 22.8 Å². The Morgan fingerprint density at radius 3 is 2.81 bits per heavy atom. The average molecular weight is 368 g/mol. The van der Waals surface area contributed by atoms with Crippen LogP contribution in [-0.2, 0) is 0 Å². The van der Waals surface area contributed by atoms with Crippen molar-refractivity contribution in [3.05, 3.63) is 29.8 Å². The molecule has 5 rings (SSSR count). The summed E-state index contributed by atoms with van der Waals surface area (Å²) >= 11 is 0. The van der Waals surface area contributed by atoms with E-state index in [-0.39, 0.29) is 17.9 Å². The number of rotatable bonds is 3. The third kappa shape index (κ3) is 3.00. The zero-order valence-corrected chi connectivity index (χ0v) is 15.2. The van der Waals surface area contributed by atoms with Gasteiger partial charge >= 0.3 is 0 Å². The van der Waals surface area contributed by atoms with Gasteiger partial charge in [-0.15, -0.1) is 0 Å². The van der Waals surface area contributed by atoms with Gasteiger partial charge in [-0.25, -0.2) is 4.98 Å². The molecule has 2 aromatic rings. The molecule has 0 aromatic carbocycles. The number of nitrogens with zero attached hydrogens (tertiary/aromatic N) is 2. The van der Waals surface area contributed by atoms with Gasteiger partial charge in [0.1, 0.15) is 12.0 Å². The second-order valence-corrected chi connectivity index (χ2v) is 7.93. The maximum Gasteiger partial charge on any atom is 0.270 e. The van der Waals surface area contributed by atoms with Crippen molar-refractivity contribution in [1.82, 2.24) is 20.5 Å². The van der Waals surface area contributed by atoms with Gasteiger partial charge in [-0.1, -0.05) is 0 Å². The molecule has 3 fully saturated rings. The summed E-state index contributed by atoms with van der Waals surface area (Å²) in [7, 11) is 0. The number of nitrogens with one attached hydrogen (secondary N) is 2. The normalized spacial score (nSPS) is 27.3. The van der Waals surface area contributed by atoms with Gasteiger partial charge in [0.25, 0.3) is 11.8 Å². The molecule has 3 atom stereocenters. The Labute approximate surface area is 157 Å². The van der Waals surface area contributed by atoms with E-state index in [1.807, 2.05) is 4.90 Å². The lowest BCUT2D eigenvalue weighted by molar-refractivity contribution is 0.0725. The molecule has 2 aromatic heterocycles. The molecule has 2 bridgehead atoms. The van der Waals surface area contributed by atoms with E-state index in [2.05, 4.69) is 15.6 Å². The first kappa shape index (κ1) is 16.7. The molecule has 0 spiro atoms. The quantitative estimate of drug-likeness (QED) is 0.866. The maximum atomic E-state index is 12.9. The van der Waals surface area contributed by atoms with E-state index in [0.717, 1.165) is 38.8 Å². The molecule has 0 aliphatic carbocycles.